The Bertz CT molecular complexity index is 1530. The van der Waals surface area contributed by atoms with Crippen molar-refractivity contribution in [3.8, 4) is 11.1 Å². The predicted molar refractivity (Wildman–Crippen MR) is 170 cm³/mol. The third-order valence-corrected chi connectivity index (χ3v) is 9.00. The maximum Gasteiger partial charge on any atom is 0.337 e. The first-order valence-corrected chi connectivity index (χ1v) is 15.6. The monoisotopic (exact) mass is 605 g/mol. The number of benzene rings is 2. The molecule has 6 nitrogen and oxygen atoms in total. The predicted octanol–water partition coefficient (Wildman–Crippen LogP) is 7.77. The van der Waals surface area contributed by atoms with E-state index < -0.39 is 29.3 Å². The fourth-order valence-corrected chi connectivity index (χ4v) is 6.56. The molecule has 0 aliphatic carbocycles. The Morgan fingerprint density at radius 2 is 1.68 bits per heavy atom. The summed E-state index contributed by atoms with van der Waals surface area (Å²) in [5.74, 6) is -2.07. The first kappa shape index (κ1) is 32.0. The van der Waals surface area contributed by atoms with Gasteiger partial charge in [0.15, 0.2) is 6.10 Å². The lowest BCUT2D eigenvalue weighted by Crippen LogP contribution is -2.39. The fourth-order valence-electron chi connectivity index (χ4n) is 6.56. The van der Waals surface area contributed by atoms with E-state index in [-0.39, 0.29) is 17.5 Å². The summed E-state index contributed by atoms with van der Waals surface area (Å²) in [6, 6.07) is 10.4. The van der Waals surface area contributed by atoms with Crippen LogP contribution in [0.1, 0.15) is 87.2 Å². The lowest BCUT2D eigenvalue weighted by molar-refractivity contribution is -0.160. The number of aliphatic carboxylic acids is 1. The molecular weight excluding hydrogens is 560 g/mol. The number of fused-ring (bicyclic) bond motifs is 1. The highest BCUT2D eigenvalue weighted by atomic mass is 19.1. The molecule has 0 radical (unpaired) electrons. The van der Waals surface area contributed by atoms with Crippen molar-refractivity contribution in [3.63, 3.8) is 0 Å². The number of aryl methyl sites for hydroxylation is 2. The van der Waals surface area contributed by atoms with Gasteiger partial charge in [0.05, 0.1) is 11.3 Å². The molecule has 0 bridgehead atoms. The number of halogens is 2. The number of hydrogen-bond donors (Lipinski definition) is 1. The van der Waals surface area contributed by atoms with Crippen molar-refractivity contribution in [1.82, 2.24) is 9.88 Å². The highest BCUT2D eigenvalue weighted by Crippen LogP contribution is 2.45. The Labute approximate surface area is 260 Å². The van der Waals surface area contributed by atoms with Crippen LogP contribution in [0.2, 0.25) is 0 Å². The van der Waals surface area contributed by atoms with Gasteiger partial charge in [-0.1, -0.05) is 38.1 Å². The summed E-state index contributed by atoms with van der Waals surface area (Å²) >= 11 is 0. The van der Waals surface area contributed by atoms with Gasteiger partial charge in [0.2, 0.25) is 0 Å². The summed E-state index contributed by atoms with van der Waals surface area (Å²) in [6.45, 7) is 17.2. The van der Waals surface area contributed by atoms with Crippen LogP contribution in [0, 0.1) is 30.9 Å². The van der Waals surface area contributed by atoms with Crippen molar-refractivity contribution in [3.05, 3.63) is 81.7 Å². The molecule has 1 N–H and O–H groups in total. The average Bonchev–Trinajstić information content (AvgIpc) is 2.93. The van der Waals surface area contributed by atoms with Crippen LogP contribution in [-0.2, 0) is 29.0 Å². The van der Waals surface area contributed by atoms with Gasteiger partial charge in [0.25, 0.3) is 0 Å². The van der Waals surface area contributed by atoms with Crippen LogP contribution in [0.3, 0.4) is 0 Å². The molecule has 44 heavy (non-hydrogen) atoms. The van der Waals surface area contributed by atoms with Crippen molar-refractivity contribution in [2.75, 3.05) is 24.5 Å². The van der Waals surface area contributed by atoms with E-state index in [2.05, 4.69) is 41.8 Å². The number of ether oxygens (including phenoxy) is 1. The van der Waals surface area contributed by atoms with E-state index in [0.717, 1.165) is 60.4 Å². The molecular formula is C36H45F2N3O3. The molecule has 2 aromatic carbocycles. The number of carboxylic acid groups (broad SMARTS) is 1. The molecule has 1 unspecified atom stereocenters. The number of rotatable bonds is 7. The molecule has 1 aromatic heterocycles. The molecule has 8 heteroatoms. The number of hydrogen-bond acceptors (Lipinski definition) is 5. The average molecular weight is 606 g/mol. The van der Waals surface area contributed by atoms with Crippen molar-refractivity contribution in [2.45, 2.75) is 92.5 Å². The summed E-state index contributed by atoms with van der Waals surface area (Å²) < 4.78 is 34.9. The van der Waals surface area contributed by atoms with Crippen LogP contribution in [0.5, 0.6) is 0 Å². The zero-order chi connectivity index (χ0) is 32.0. The molecule has 2 aliphatic heterocycles. The van der Waals surface area contributed by atoms with Crippen LogP contribution in [0.15, 0.2) is 36.4 Å². The van der Waals surface area contributed by atoms with Crippen LogP contribution in [0.4, 0.5) is 14.5 Å². The highest BCUT2D eigenvalue weighted by molar-refractivity contribution is 5.88. The molecule has 236 valence electrons. The number of aromatic nitrogens is 1. The minimum Gasteiger partial charge on any atom is -0.479 e. The molecule has 3 heterocycles. The minimum atomic E-state index is -1.17. The molecule has 0 amide bonds. The van der Waals surface area contributed by atoms with Gasteiger partial charge in [-0.3, -0.25) is 9.88 Å². The number of anilines is 1. The van der Waals surface area contributed by atoms with E-state index >= 15 is 0 Å². The summed E-state index contributed by atoms with van der Waals surface area (Å²) in [5.41, 5.74) is 6.89. The second kappa shape index (κ2) is 12.2. The van der Waals surface area contributed by atoms with Crippen LogP contribution < -0.4 is 4.90 Å². The van der Waals surface area contributed by atoms with Crippen LogP contribution in [0.25, 0.3) is 11.1 Å². The van der Waals surface area contributed by atoms with E-state index in [1.807, 2.05) is 34.6 Å². The molecule has 0 spiro atoms. The smallest absolute Gasteiger partial charge is 0.337 e. The Kier molecular flexibility index (Phi) is 8.89. The molecule has 1 saturated heterocycles. The summed E-state index contributed by atoms with van der Waals surface area (Å²) in [7, 11) is 0. The fraction of sp³-hybridized carbons (Fsp3) is 0.500. The van der Waals surface area contributed by atoms with E-state index in [4.69, 9.17) is 9.72 Å². The zero-order valence-electron chi connectivity index (χ0n) is 27.1. The quantitative estimate of drug-likeness (QED) is 0.297. The van der Waals surface area contributed by atoms with E-state index in [1.54, 1.807) is 0 Å². The van der Waals surface area contributed by atoms with Gasteiger partial charge in [-0.05, 0) is 88.1 Å². The van der Waals surface area contributed by atoms with Crippen LogP contribution in [-0.4, -0.2) is 46.2 Å². The SMILES string of the molecule is Cc1nc(C)c(C(OC(C)(C)C)C(=O)O)c(N2CCC(C)(C)CC2)c1-c1ccc2c(c1)CCN(Cc1c(F)cccc1F)C2. The van der Waals surface area contributed by atoms with E-state index in [0.29, 0.717) is 24.3 Å². The standard InChI is InChI=1S/C36H45F2N3O3/c1-22-30(25-11-12-26-20-40(16-13-24(26)19-25)21-27-28(37)9-8-10-29(27)38)32(41-17-14-36(6,7)15-18-41)31(23(2)39-22)33(34(42)43)44-35(3,4)5/h8-12,19,33H,13-18,20-21H2,1-7H3,(H,42,43). The van der Waals surface area contributed by atoms with E-state index in [1.165, 1.54) is 23.8 Å². The third kappa shape index (κ3) is 6.81. The van der Waals surface area contributed by atoms with Gasteiger partial charge < -0.3 is 14.7 Å². The number of carboxylic acids is 1. The minimum absolute atomic E-state index is 0.0984. The normalized spacial score (nSPS) is 17.8. The van der Waals surface area contributed by atoms with Gasteiger partial charge in [-0.25, -0.2) is 13.6 Å². The number of nitrogens with zero attached hydrogens (tertiary/aromatic N) is 3. The summed E-state index contributed by atoms with van der Waals surface area (Å²) in [6.07, 6.45) is 1.55. The topological polar surface area (TPSA) is 65.9 Å². The van der Waals surface area contributed by atoms with Gasteiger partial charge in [0.1, 0.15) is 11.6 Å². The Hall–Kier alpha value is -3.36. The molecule has 2 aliphatic rings. The number of pyridine rings is 1. The molecule has 1 fully saturated rings. The summed E-state index contributed by atoms with van der Waals surface area (Å²) in [4.78, 5) is 22.1. The first-order valence-electron chi connectivity index (χ1n) is 15.6. The van der Waals surface area contributed by atoms with Crippen molar-refractivity contribution >= 4 is 11.7 Å². The Morgan fingerprint density at radius 3 is 2.30 bits per heavy atom. The number of piperidine rings is 1. The van der Waals surface area contributed by atoms with Crippen molar-refractivity contribution in [1.29, 1.82) is 0 Å². The molecule has 0 saturated carbocycles. The largest absolute Gasteiger partial charge is 0.479 e. The van der Waals surface area contributed by atoms with Gasteiger partial charge in [-0.15, -0.1) is 0 Å². The van der Waals surface area contributed by atoms with Gasteiger partial charge in [0, 0.05) is 60.8 Å². The summed E-state index contributed by atoms with van der Waals surface area (Å²) in [5, 5.41) is 10.5. The van der Waals surface area contributed by atoms with Crippen molar-refractivity contribution in [2.24, 2.45) is 5.41 Å². The van der Waals surface area contributed by atoms with Gasteiger partial charge in [-0.2, -0.15) is 0 Å². The third-order valence-electron chi connectivity index (χ3n) is 9.00. The van der Waals surface area contributed by atoms with Gasteiger partial charge >= 0.3 is 5.97 Å². The maximum absolute atomic E-state index is 14.3. The lowest BCUT2D eigenvalue weighted by Gasteiger charge is -2.41. The molecule has 1 atom stereocenters. The zero-order valence-corrected chi connectivity index (χ0v) is 27.1. The number of carbonyl (C=O) groups is 1. The van der Waals surface area contributed by atoms with Crippen molar-refractivity contribution < 1.29 is 23.4 Å². The lowest BCUT2D eigenvalue weighted by atomic mass is 9.81. The second-order valence-electron chi connectivity index (χ2n) is 14.2. The molecule has 3 aromatic rings. The first-order chi connectivity index (χ1) is 20.6. The highest BCUT2D eigenvalue weighted by Gasteiger charge is 2.36. The Morgan fingerprint density at radius 1 is 1.02 bits per heavy atom. The molecule has 5 rings (SSSR count). The van der Waals surface area contributed by atoms with E-state index in [9.17, 15) is 18.7 Å². The maximum atomic E-state index is 14.3. The second-order valence-corrected chi connectivity index (χ2v) is 14.2. The van der Waals surface area contributed by atoms with Crippen LogP contribution >= 0.6 is 0 Å². The Balaban J connectivity index is 1.57.